The standard InChI is InChI=1S/C20H23NO/c1-13-8-10-16(11-9-13)21-19(22)18-17(20(18,3)4)15-7-5-6-14(2)12-15/h5-12,17-18H,1-4H3,(H,21,22). The van der Waals surface area contributed by atoms with Crippen molar-refractivity contribution in [3.05, 3.63) is 65.2 Å². The predicted molar refractivity (Wildman–Crippen MR) is 91.0 cm³/mol. The molecule has 1 fully saturated rings. The monoisotopic (exact) mass is 293 g/mol. The lowest BCUT2D eigenvalue weighted by Gasteiger charge is -2.06. The molecule has 0 bridgehead atoms. The molecule has 0 radical (unpaired) electrons. The summed E-state index contributed by atoms with van der Waals surface area (Å²) in [5.74, 6) is 0.466. The Bertz CT molecular complexity index is 700. The Morgan fingerprint density at radius 3 is 2.32 bits per heavy atom. The lowest BCUT2D eigenvalue weighted by atomic mass is 10.0. The molecule has 2 heteroatoms. The first-order valence-corrected chi connectivity index (χ1v) is 7.83. The van der Waals surface area contributed by atoms with E-state index in [2.05, 4.69) is 50.4 Å². The van der Waals surface area contributed by atoms with Gasteiger partial charge >= 0.3 is 0 Å². The van der Waals surface area contributed by atoms with E-state index in [1.807, 2.05) is 31.2 Å². The van der Waals surface area contributed by atoms with Gasteiger partial charge in [-0.1, -0.05) is 61.4 Å². The zero-order chi connectivity index (χ0) is 15.9. The molecule has 2 atom stereocenters. The van der Waals surface area contributed by atoms with Crippen molar-refractivity contribution in [2.45, 2.75) is 33.6 Å². The number of aryl methyl sites for hydroxylation is 2. The molecular formula is C20H23NO. The molecule has 2 aromatic carbocycles. The number of hydrogen-bond acceptors (Lipinski definition) is 1. The summed E-state index contributed by atoms with van der Waals surface area (Å²) >= 11 is 0. The molecule has 0 aliphatic heterocycles. The third kappa shape index (κ3) is 2.66. The molecular weight excluding hydrogens is 270 g/mol. The number of benzene rings is 2. The first kappa shape index (κ1) is 14.8. The lowest BCUT2D eigenvalue weighted by Crippen LogP contribution is -2.16. The van der Waals surface area contributed by atoms with E-state index in [0.29, 0.717) is 5.92 Å². The van der Waals surface area contributed by atoms with Gasteiger partial charge in [0.05, 0.1) is 5.92 Å². The maximum atomic E-state index is 12.6. The number of hydrogen-bond donors (Lipinski definition) is 1. The highest BCUT2D eigenvalue weighted by molar-refractivity contribution is 5.96. The average molecular weight is 293 g/mol. The summed E-state index contributed by atoms with van der Waals surface area (Å²) in [6.07, 6.45) is 0. The highest BCUT2D eigenvalue weighted by Crippen LogP contribution is 2.64. The molecule has 2 unspecified atom stereocenters. The van der Waals surface area contributed by atoms with Crippen molar-refractivity contribution >= 4 is 11.6 Å². The maximum absolute atomic E-state index is 12.6. The van der Waals surface area contributed by atoms with E-state index in [0.717, 1.165) is 5.69 Å². The van der Waals surface area contributed by atoms with Crippen LogP contribution in [0.25, 0.3) is 0 Å². The van der Waals surface area contributed by atoms with Gasteiger partial charge in [0.15, 0.2) is 0 Å². The van der Waals surface area contributed by atoms with Crippen LogP contribution in [0.2, 0.25) is 0 Å². The second-order valence-electron chi connectivity index (χ2n) is 7.05. The molecule has 1 saturated carbocycles. The van der Waals surface area contributed by atoms with E-state index in [9.17, 15) is 4.79 Å². The third-order valence-electron chi connectivity index (χ3n) is 4.83. The molecule has 2 aromatic rings. The van der Waals surface area contributed by atoms with E-state index in [-0.39, 0.29) is 17.2 Å². The van der Waals surface area contributed by atoms with Gasteiger partial charge in [-0.3, -0.25) is 4.79 Å². The van der Waals surface area contributed by atoms with Crippen molar-refractivity contribution in [2.75, 3.05) is 5.32 Å². The molecule has 1 amide bonds. The van der Waals surface area contributed by atoms with Gasteiger partial charge in [-0.2, -0.15) is 0 Å². The fraction of sp³-hybridized carbons (Fsp3) is 0.350. The minimum absolute atomic E-state index is 0.0164. The van der Waals surface area contributed by atoms with Crippen molar-refractivity contribution in [3.8, 4) is 0 Å². The molecule has 2 nitrogen and oxygen atoms in total. The Labute approximate surface area is 132 Å². The quantitative estimate of drug-likeness (QED) is 0.874. The van der Waals surface area contributed by atoms with Crippen LogP contribution in [-0.2, 0) is 4.79 Å². The number of carbonyl (C=O) groups is 1. The predicted octanol–water partition coefficient (Wildman–Crippen LogP) is 4.68. The topological polar surface area (TPSA) is 29.1 Å². The van der Waals surface area contributed by atoms with Crippen LogP contribution in [0.15, 0.2) is 48.5 Å². The van der Waals surface area contributed by atoms with Gasteiger partial charge in [0.2, 0.25) is 5.91 Å². The Kier molecular flexibility index (Phi) is 3.56. The van der Waals surface area contributed by atoms with Crippen molar-refractivity contribution in [1.82, 2.24) is 0 Å². The Balaban J connectivity index is 1.77. The van der Waals surface area contributed by atoms with E-state index in [1.54, 1.807) is 0 Å². The number of nitrogens with one attached hydrogen (secondary N) is 1. The molecule has 22 heavy (non-hydrogen) atoms. The maximum Gasteiger partial charge on any atom is 0.228 e. The molecule has 1 N–H and O–H groups in total. The van der Waals surface area contributed by atoms with Gasteiger partial charge in [0.1, 0.15) is 0 Å². The van der Waals surface area contributed by atoms with Crippen LogP contribution in [0.1, 0.15) is 36.5 Å². The number of carbonyl (C=O) groups excluding carboxylic acids is 1. The lowest BCUT2D eigenvalue weighted by molar-refractivity contribution is -0.118. The van der Waals surface area contributed by atoms with E-state index in [1.165, 1.54) is 16.7 Å². The minimum atomic E-state index is 0.0164. The molecule has 1 aliphatic carbocycles. The van der Waals surface area contributed by atoms with Gasteiger partial charge in [0, 0.05) is 11.6 Å². The first-order valence-electron chi connectivity index (χ1n) is 7.83. The first-order chi connectivity index (χ1) is 10.4. The molecule has 1 aliphatic rings. The van der Waals surface area contributed by atoms with Gasteiger partial charge in [0.25, 0.3) is 0 Å². The molecule has 3 rings (SSSR count). The minimum Gasteiger partial charge on any atom is -0.326 e. The Morgan fingerprint density at radius 2 is 1.68 bits per heavy atom. The van der Waals surface area contributed by atoms with Crippen LogP contribution >= 0.6 is 0 Å². The van der Waals surface area contributed by atoms with Crippen LogP contribution in [0.3, 0.4) is 0 Å². The summed E-state index contributed by atoms with van der Waals surface area (Å²) in [5, 5.41) is 3.06. The average Bonchev–Trinajstić information content (AvgIpc) is 3.04. The van der Waals surface area contributed by atoms with Crippen molar-refractivity contribution in [1.29, 1.82) is 0 Å². The SMILES string of the molecule is Cc1ccc(NC(=O)C2C(c3cccc(C)c3)C2(C)C)cc1. The van der Waals surface area contributed by atoms with Gasteiger partial charge in [-0.25, -0.2) is 0 Å². The third-order valence-corrected chi connectivity index (χ3v) is 4.83. The number of rotatable bonds is 3. The fourth-order valence-electron chi connectivity index (χ4n) is 3.47. The van der Waals surface area contributed by atoms with Crippen molar-refractivity contribution in [3.63, 3.8) is 0 Å². The highest BCUT2D eigenvalue weighted by atomic mass is 16.2. The van der Waals surface area contributed by atoms with E-state index in [4.69, 9.17) is 0 Å². The Hall–Kier alpha value is -2.09. The highest BCUT2D eigenvalue weighted by Gasteiger charge is 2.62. The number of amides is 1. The van der Waals surface area contributed by atoms with Gasteiger partial charge in [-0.15, -0.1) is 0 Å². The van der Waals surface area contributed by atoms with Crippen LogP contribution in [0.5, 0.6) is 0 Å². The molecule has 0 saturated heterocycles. The summed E-state index contributed by atoms with van der Waals surface area (Å²) in [5.41, 5.74) is 4.61. The fourth-order valence-corrected chi connectivity index (χ4v) is 3.47. The van der Waals surface area contributed by atoms with E-state index >= 15 is 0 Å². The van der Waals surface area contributed by atoms with E-state index < -0.39 is 0 Å². The van der Waals surface area contributed by atoms with Crippen LogP contribution in [0, 0.1) is 25.2 Å². The summed E-state index contributed by atoms with van der Waals surface area (Å²) < 4.78 is 0. The molecule has 0 heterocycles. The largest absolute Gasteiger partial charge is 0.326 e. The van der Waals surface area contributed by atoms with Crippen molar-refractivity contribution in [2.24, 2.45) is 11.3 Å². The normalized spacial score (nSPS) is 22.2. The smallest absolute Gasteiger partial charge is 0.228 e. The second-order valence-corrected chi connectivity index (χ2v) is 7.05. The van der Waals surface area contributed by atoms with Gasteiger partial charge < -0.3 is 5.32 Å². The summed E-state index contributed by atoms with van der Waals surface area (Å²) in [6.45, 7) is 8.50. The number of anilines is 1. The summed E-state index contributed by atoms with van der Waals surface area (Å²) in [6, 6.07) is 16.5. The zero-order valence-electron chi connectivity index (χ0n) is 13.7. The van der Waals surface area contributed by atoms with Crippen molar-refractivity contribution < 1.29 is 4.79 Å². The van der Waals surface area contributed by atoms with Crippen LogP contribution < -0.4 is 5.32 Å². The molecule has 114 valence electrons. The van der Waals surface area contributed by atoms with Crippen LogP contribution in [-0.4, -0.2) is 5.91 Å². The van der Waals surface area contributed by atoms with Crippen LogP contribution in [0.4, 0.5) is 5.69 Å². The zero-order valence-corrected chi connectivity index (χ0v) is 13.7. The Morgan fingerprint density at radius 1 is 1.00 bits per heavy atom. The summed E-state index contributed by atoms with van der Waals surface area (Å²) in [7, 11) is 0. The second kappa shape index (κ2) is 5.28. The molecule has 0 spiro atoms. The van der Waals surface area contributed by atoms with Gasteiger partial charge in [-0.05, 0) is 37.0 Å². The molecule has 0 aromatic heterocycles. The summed E-state index contributed by atoms with van der Waals surface area (Å²) in [4.78, 5) is 12.6.